The van der Waals surface area contributed by atoms with Gasteiger partial charge in [-0.15, -0.1) is 0 Å². The summed E-state index contributed by atoms with van der Waals surface area (Å²) in [6.07, 6.45) is 3.30. The Hall–Kier alpha value is -0.960. The summed E-state index contributed by atoms with van der Waals surface area (Å²) in [6, 6.07) is 4.85. The van der Waals surface area contributed by atoms with E-state index in [0.717, 1.165) is 37.6 Å². The number of thioether (sulfide) groups is 1. The first-order valence-corrected chi connectivity index (χ1v) is 11.7. The standard InChI is InChI=1S/C18H28N2O4S2/c1-23-17-7-6-16(12-18(17)24-2)26(21,22)20-10-5-11-25-14-15(20)13-19-8-3-4-9-19/h6-7,12,15H,3-5,8-11,13-14H2,1-2H3. The minimum Gasteiger partial charge on any atom is -0.493 e. The number of hydrogen-bond donors (Lipinski definition) is 0. The van der Waals surface area contributed by atoms with E-state index in [4.69, 9.17) is 9.47 Å². The molecular formula is C18H28N2O4S2. The van der Waals surface area contributed by atoms with Crippen LogP contribution in [-0.4, -0.2) is 75.6 Å². The molecule has 6 nitrogen and oxygen atoms in total. The van der Waals surface area contributed by atoms with Crippen molar-refractivity contribution in [1.29, 1.82) is 0 Å². The van der Waals surface area contributed by atoms with E-state index in [-0.39, 0.29) is 10.9 Å². The molecule has 26 heavy (non-hydrogen) atoms. The number of hydrogen-bond acceptors (Lipinski definition) is 6. The Balaban J connectivity index is 1.88. The lowest BCUT2D eigenvalue weighted by atomic mass is 10.3. The van der Waals surface area contributed by atoms with E-state index in [1.165, 1.54) is 20.0 Å². The second-order valence-corrected chi connectivity index (χ2v) is 9.76. The van der Waals surface area contributed by atoms with E-state index in [9.17, 15) is 8.42 Å². The van der Waals surface area contributed by atoms with Crippen molar-refractivity contribution in [1.82, 2.24) is 9.21 Å². The molecule has 0 spiro atoms. The van der Waals surface area contributed by atoms with E-state index in [0.29, 0.717) is 18.0 Å². The average Bonchev–Trinajstić information content (AvgIpc) is 3.04. The SMILES string of the molecule is COc1ccc(S(=O)(=O)N2CCCSCC2CN2CCCC2)cc1OC. The lowest BCUT2D eigenvalue weighted by Gasteiger charge is -2.32. The van der Waals surface area contributed by atoms with Gasteiger partial charge in [-0.05, 0) is 50.2 Å². The Morgan fingerprint density at radius 1 is 1.08 bits per heavy atom. The minimum absolute atomic E-state index is 0.0127. The third-order valence-electron chi connectivity index (χ3n) is 5.01. The zero-order chi connectivity index (χ0) is 18.6. The van der Waals surface area contributed by atoms with E-state index < -0.39 is 10.0 Å². The van der Waals surface area contributed by atoms with Crippen LogP contribution in [0.5, 0.6) is 11.5 Å². The third kappa shape index (κ3) is 4.30. The molecule has 3 rings (SSSR count). The van der Waals surface area contributed by atoms with Crippen molar-refractivity contribution in [2.75, 3.05) is 51.9 Å². The van der Waals surface area contributed by atoms with Gasteiger partial charge in [-0.1, -0.05) is 0 Å². The molecule has 0 aliphatic carbocycles. The summed E-state index contributed by atoms with van der Waals surface area (Å²) in [6.45, 7) is 3.54. The molecule has 146 valence electrons. The largest absolute Gasteiger partial charge is 0.493 e. The Morgan fingerprint density at radius 2 is 1.81 bits per heavy atom. The lowest BCUT2D eigenvalue weighted by Crippen LogP contribution is -2.47. The summed E-state index contributed by atoms with van der Waals surface area (Å²) in [5.74, 6) is 2.83. The van der Waals surface area contributed by atoms with Crippen LogP contribution in [0.4, 0.5) is 0 Å². The second kappa shape index (κ2) is 8.82. The zero-order valence-electron chi connectivity index (χ0n) is 15.5. The highest BCUT2D eigenvalue weighted by atomic mass is 32.2. The van der Waals surface area contributed by atoms with Gasteiger partial charge in [-0.3, -0.25) is 0 Å². The van der Waals surface area contributed by atoms with Gasteiger partial charge in [0.15, 0.2) is 11.5 Å². The van der Waals surface area contributed by atoms with Crippen LogP contribution in [0.15, 0.2) is 23.1 Å². The summed E-state index contributed by atoms with van der Waals surface area (Å²) in [5.41, 5.74) is 0. The maximum absolute atomic E-state index is 13.4. The lowest BCUT2D eigenvalue weighted by molar-refractivity contribution is 0.243. The Morgan fingerprint density at radius 3 is 2.50 bits per heavy atom. The van der Waals surface area contributed by atoms with Crippen LogP contribution in [0.25, 0.3) is 0 Å². The highest BCUT2D eigenvalue weighted by Crippen LogP contribution is 2.32. The monoisotopic (exact) mass is 400 g/mol. The van der Waals surface area contributed by atoms with E-state index in [1.54, 1.807) is 29.6 Å². The van der Waals surface area contributed by atoms with Crippen LogP contribution in [0, 0.1) is 0 Å². The Kier molecular flexibility index (Phi) is 6.71. The first-order valence-electron chi connectivity index (χ1n) is 9.10. The van der Waals surface area contributed by atoms with E-state index in [1.807, 2.05) is 11.8 Å². The summed E-state index contributed by atoms with van der Waals surface area (Å²) in [7, 11) is -0.509. The fourth-order valence-electron chi connectivity index (χ4n) is 3.64. The topological polar surface area (TPSA) is 59.1 Å². The zero-order valence-corrected chi connectivity index (χ0v) is 17.2. The molecule has 1 aromatic carbocycles. The van der Waals surface area contributed by atoms with Gasteiger partial charge < -0.3 is 14.4 Å². The molecule has 1 unspecified atom stereocenters. The number of nitrogens with zero attached hydrogens (tertiary/aromatic N) is 2. The van der Waals surface area contributed by atoms with Gasteiger partial charge in [0.05, 0.1) is 19.1 Å². The average molecular weight is 401 g/mol. The summed E-state index contributed by atoms with van der Waals surface area (Å²) < 4.78 is 39.0. The predicted molar refractivity (Wildman–Crippen MR) is 105 cm³/mol. The highest BCUT2D eigenvalue weighted by molar-refractivity contribution is 7.99. The number of benzene rings is 1. The Labute approximate surface area is 160 Å². The van der Waals surface area contributed by atoms with Gasteiger partial charge in [0, 0.05) is 31.0 Å². The predicted octanol–water partition coefficient (Wildman–Crippen LogP) is 2.30. The molecular weight excluding hydrogens is 372 g/mol. The van der Waals surface area contributed by atoms with Gasteiger partial charge in [-0.2, -0.15) is 16.1 Å². The van der Waals surface area contributed by atoms with Crippen LogP contribution >= 0.6 is 11.8 Å². The molecule has 0 aromatic heterocycles. The van der Waals surface area contributed by atoms with Crippen LogP contribution < -0.4 is 9.47 Å². The number of methoxy groups -OCH3 is 2. The minimum atomic E-state index is -3.58. The molecule has 0 saturated carbocycles. The van der Waals surface area contributed by atoms with Crippen molar-refractivity contribution in [2.24, 2.45) is 0 Å². The number of likely N-dealkylation sites (tertiary alicyclic amines) is 1. The van der Waals surface area contributed by atoms with Gasteiger partial charge in [-0.25, -0.2) is 8.42 Å². The fourth-order valence-corrected chi connectivity index (χ4v) is 6.46. The van der Waals surface area contributed by atoms with Crippen molar-refractivity contribution >= 4 is 21.8 Å². The van der Waals surface area contributed by atoms with Crippen molar-refractivity contribution in [3.8, 4) is 11.5 Å². The van der Waals surface area contributed by atoms with Gasteiger partial charge >= 0.3 is 0 Å². The van der Waals surface area contributed by atoms with Crippen LogP contribution in [0.2, 0.25) is 0 Å². The Bertz CT molecular complexity index is 705. The molecule has 0 amide bonds. The van der Waals surface area contributed by atoms with Gasteiger partial charge in [0.1, 0.15) is 0 Å². The van der Waals surface area contributed by atoms with Crippen molar-refractivity contribution in [3.05, 3.63) is 18.2 Å². The number of sulfonamides is 1. The van der Waals surface area contributed by atoms with Crippen molar-refractivity contribution in [3.63, 3.8) is 0 Å². The molecule has 0 N–H and O–H groups in total. The highest BCUT2D eigenvalue weighted by Gasteiger charge is 2.34. The molecule has 2 saturated heterocycles. The maximum atomic E-state index is 13.4. The molecule has 0 bridgehead atoms. The first kappa shape index (κ1) is 19.8. The summed E-state index contributed by atoms with van der Waals surface area (Å²) in [5, 5.41) is 0. The van der Waals surface area contributed by atoms with Gasteiger partial charge in [0.2, 0.25) is 10.0 Å². The quantitative estimate of drug-likeness (QED) is 0.730. The number of ether oxygens (including phenoxy) is 2. The maximum Gasteiger partial charge on any atom is 0.243 e. The molecule has 2 heterocycles. The smallest absolute Gasteiger partial charge is 0.243 e. The normalized spacial score (nSPS) is 22.9. The summed E-state index contributed by atoms with van der Waals surface area (Å²) >= 11 is 1.86. The molecule has 0 radical (unpaired) electrons. The van der Waals surface area contributed by atoms with Crippen LogP contribution in [-0.2, 0) is 10.0 Å². The molecule has 2 aliphatic rings. The molecule has 2 fully saturated rings. The molecule has 2 aliphatic heterocycles. The third-order valence-corrected chi connectivity index (χ3v) is 8.16. The van der Waals surface area contributed by atoms with Crippen molar-refractivity contribution in [2.45, 2.75) is 30.2 Å². The molecule has 1 aromatic rings. The van der Waals surface area contributed by atoms with E-state index >= 15 is 0 Å². The molecule has 8 heteroatoms. The summed E-state index contributed by atoms with van der Waals surface area (Å²) in [4.78, 5) is 2.67. The number of rotatable bonds is 6. The van der Waals surface area contributed by atoms with Gasteiger partial charge in [0.25, 0.3) is 0 Å². The van der Waals surface area contributed by atoms with Crippen LogP contribution in [0.3, 0.4) is 0 Å². The van der Waals surface area contributed by atoms with E-state index in [2.05, 4.69) is 4.90 Å². The first-order chi connectivity index (χ1) is 12.6. The van der Waals surface area contributed by atoms with Crippen molar-refractivity contribution < 1.29 is 17.9 Å². The fraction of sp³-hybridized carbons (Fsp3) is 0.667. The molecule has 1 atom stereocenters. The second-order valence-electron chi connectivity index (χ2n) is 6.72. The van der Waals surface area contributed by atoms with Crippen LogP contribution in [0.1, 0.15) is 19.3 Å².